The zero-order chi connectivity index (χ0) is 12.4. The van der Waals surface area contributed by atoms with E-state index in [2.05, 4.69) is 33.1 Å². The van der Waals surface area contributed by atoms with Crippen molar-refractivity contribution in [2.75, 3.05) is 26.2 Å². The number of benzene rings is 1. The van der Waals surface area contributed by atoms with Crippen molar-refractivity contribution in [1.82, 2.24) is 10.2 Å². The van der Waals surface area contributed by atoms with Crippen LogP contribution >= 0.6 is 27.5 Å². The highest BCUT2D eigenvalue weighted by molar-refractivity contribution is 9.10. The molecule has 0 radical (unpaired) electrons. The van der Waals surface area contributed by atoms with Gasteiger partial charge >= 0.3 is 0 Å². The van der Waals surface area contributed by atoms with E-state index in [9.17, 15) is 5.11 Å². The smallest absolute Gasteiger partial charge is 0.136 e. The molecular formula is C12H16BrClN2O. The molecule has 17 heavy (non-hydrogen) atoms. The highest BCUT2D eigenvalue weighted by atomic mass is 79.9. The van der Waals surface area contributed by atoms with Gasteiger partial charge < -0.3 is 10.4 Å². The fourth-order valence-electron chi connectivity index (χ4n) is 2.21. The molecule has 1 aliphatic rings. The highest BCUT2D eigenvalue weighted by Gasteiger charge is 2.23. The number of nitrogens with zero attached hydrogens (tertiary/aromatic N) is 1. The predicted octanol–water partition coefficient (Wildman–Crippen LogP) is 2.77. The third-order valence-electron chi connectivity index (χ3n) is 3.23. The number of aromatic hydroxyl groups is 1. The summed E-state index contributed by atoms with van der Waals surface area (Å²) in [6, 6.07) is 3.72. The normalized spacial score (nSPS) is 19.2. The monoisotopic (exact) mass is 318 g/mol. The van der Waals surface area contributed by atoms with E-state index in [0.29, 0.717) is 9.50 Å². The van der Waals surface area contributed by atoms with Crippen LogP contribution in [0.3, 0.4) is 0 Å². The van der Waals surface area contributed by atoms with Gasteiger partial charge in [-0.2, -0.15) is 0 Å². The summed E-state index contributed by atoms with van der Waals surface area (Å²) in [5, 5.41) is 14.0. The molecule has 1 heterocycles. The Morgan fingerprint density at radius 3 is 2.71 bits per heavy atom. The molecule has 1 saturated heterocycles. The number of halogens is 2. The minimum Gasteiger partial charge on any atom is -0.506 e. The fourth-order valence-corrected chi connectivity index (χ4v) is 2.86. The number of phenolic OH excluding ortho intramolecular Hbond substituents is 1. The van der Waals surface area contributed by atoms with E-state index in [0.717, 1.165) is 31.7 Å². The van der Waals surface area contributed by atoms with Crippen LogP contribution in [0.1, 0.15) is 18.5 Å². The quantitative estimate of drug-likeness (QED) is 0.880. The van der Waals surface area contributed by atoms with E-state index in [1.165, 1.54) is 0 Å². The van der Waals surface area contributed by atoms with Gasteiger partial charge in [0.2, 0.25) is 0 Å². The third-order valence-corrected chi connectivity index (χ3v) is 4.20. The molecule has 0 unspecified atom stereocenters. The van der Waals surface area contributed by atoms with Gasteiger partial charge in [-0.05, 0) is 35.0 Å². The predicted molar refractivity (Wildman–Crippen MR) is 73.7 cm³/mol. The molecule has 1 aromatic rings. The van der Waals surface area contributed by atoms with E-state index in [1.807, 2.05) is 6.07 Å². The molecule has 0 aliphatic carbocycles. The summed E-state index contributed by atoms with van der Waals surface area (Å²) < 4.78 is 0.693. The average Bonchev–Trinajstić information content (AvgIpc) is 2.35. The van der Waals surface area contributed by atoms with Crippen molar-refractivity contribution < 1.29 is 5.11 Å². The molecule has 0 amide bonds. The maximum Gasteiger partial charge on any atom is 0.136 e. The van der Waals surface area contributed by atoms with Gasteiger partial charge in [0.05, 0.1) is 4.47 Å². The number of rotatable bonds is 2. The van der Waals surface area contributed by atoms with Gasteiger partial charge in [0.15, 0.2) is 0 Å². The number of hydrogen-bond acceptors (Lipinski definition) is 3. The van der Waals surface area contributed by atoms with E-state index in [4.69, 9.17) is 11.6 Å². The summed E-state index contributed by atoms with van der Waals surface area (Å²) in [4.78, 5) is 2.32. The Morgan fingerprint density at radius 1 is 1.41 bits per heavy atom. The van der Waals surface area contributed by atoms with Crippen LogP contribution in [-0.2, 0) is 0 Å². The molecule has 2 N–H and O–H groups in total. The second-order valence-corrected chi connectivity index (χ2v) is 5.51. The molecule has 1 aromatic carbocycles. The first kappa shape index (κ1) is 13.1. The Kier molecular flexibility index (Phi) is 4.31. The van der Waals surface area contributed by atoms with Crippen LogP contribution in [0.4, 0.5) is 0 Å². The number of phenols is 1. The zero-order valence-electron chi connectivity index (χ0n) is 9.71. The molecule has 1 fully saturated rings. The molecule has 0 aromatic heterocycles. The molecule has 0 saturated carbocycles. The van der Waals surface area contributed by atoms with Crippen molar-refractivity contribution in [1.29, 1.82) is 0 Å². The van der Waals surface area contributed by atoms with Crippen LogP contribution in [0.2, 0.25) is 5.02 Å². The molecule has 0 spiro atoms. The van der Waals surface area contributed by atoms with Crippen LogP contribution in [0.15, 0.2) is 16.6 Å². The van der Waals surface area contributed by atoms with Gasteiger partial charge in [-0.3, -0.25) is 4.90 Å². The van der Waals surface area contributed by atoms with Crippen molar-refractivity contribution in [2.45, 2.75) is 13.0 Å². The first-order chi connectivity index (χ1) is 8.11. The van der Waals surface area contributed by atoms with E-state index in [-0.39, 0.29) is 11.8 Å². The van der Waals surface area contributed by atoms with Crippen LogP contribution < -0.4 is 5.32 Å². The molecule has 0 bridgehead atoms. The Bertz CT molecular complexity index is 408. The van der Waals surface area contributed by atoms with Gasteiger partial charge in [0.25, 0.3) is 0 Å². The summed E-state index contributed by atoms with van der Waals surface area (Å²) in [5.41, 5.74) is 0.808. The largest absolute Gasteiger partial charge is 0.506 e. The summed E-state index contributed by atoms with van der Waals surface area (Å²) >= 11 is 9.53. The summed E-state index contributed by atoms with van der Waals surface area (Å²) in [6.07, 6.45) is 0. The molecule has 1 aliphatic heterocycles. The van der Waals surface area contributed by atoms with Crippen molar-refractivity contribution in [2.24, 2.45) is 0 Å². The molecule has 1 atom stereocenters. The summed E-state index contributed by atoms with van der Waals surface area (Å²) in [7, 11) is 0. The maximum atomic E-state index is 10.1. The Balaban J connectivity index is 2.29. The number of piperazine rings is 1. The lowest BCUT2D eigenvalue weighted by molar-refractivity contribution is 0.183. The van der Waals surface area contributed by atoms with Gasteiger partial charge in [0, 0.05) is 42.8 Å². The fraction of sp³-hybridized carbons (Fsp3) is 0.500. The van der Waals surface area contributed by atoms with Gasteiger partial charge in [-0.15, -0.1) is 0 Å². The lowest BCUT2D eigenvalue weighted by atomic mass is 10.0. The topological polar surface area (TPSA) is 35.5 Å². The van der Waals surface area contributed by atoms with Crippen molar-refractivity contribution in [3.8, 4) is 5.75 Å². The van der Waals surface area contributed by atoms with Crippen molar-refractivity contribution >= 4 is 27.5 Å². The van der Waals surface area contributed by atoms with E-state index in [1.54, 1.807) is 6.07 Å². The first-order valence-electron chi connectivity index (χ1n) is 5.73. The second-order valence-electron chi connectivity index (χ2n) is 4.25. The summed E-state index contributed by atoms with van der Waals surface area (Å²) in [6.45, 7) is 6.00. The van der Waals surface area contributed by atoms with Gasteiger partial charge in [-0.1, -0.05) is 11.6 Å². The van der Waals surface area contributed by atoms with Crippen LogP contribution in [0.25, 0.3) is 0 Å². The zero-order valence-corrected chi connectivity index (χ0v) is 12.1. The molecular weight excluding hydrogens is 304 g/mol. The third kappa shape index (κ3) is 2.76. The number of nitrogens with one attached hydrogen (secondary N) is 1. The van der Waals surface area contributed by atoms with Crippen molar-refractivity contribution in [3.05, 3.63) is 27.2 Å². The standard InChI is InChI=1S/C12H16BrClN2O/c1-8(16-6-4-15-5-7-16)11-10(14)3-2-9(13)12(11)17/h2-3,8,15,17H,4-7H2,1H3/t8-/m0/s1. The minimum absolute atomic E-state index is 0.127. The average molecular weight is 320 g/mol. The van der Waals surface area contributed by atoms with Gasteiger partial charge in [0.1, 0.15) is 5.75 Å². The first-order valence-corrected chi connectivity index (χ1v) is 6.90. The molecule has 3 nitrogen and oxygen atoms in total. The SMILES string of the molecule is C[C@@H](c1c(Cl)ccc(Br)c1O)N1CCNCC1. The van der Waals surface area contributed by atoms with Crippen LogP contribution in [-0.4, -0.2) is 36.2 Å². The van der Waals surface area contributed by atoms with Crippen LogP contribution in [0, 0.1) is 0 Å². The Morgan fingerprint density at radius 2 is 2.06 bits per heavy atom. The van der Waals surface area contributed by atoms with E-state index >= 15 is 0 Å². The highest BCUT2D eigenvalue weighted by Crippen LogP contribution is 2.39. The lowest BCUT2D eigenvalue weighted by Crippen LogP contribution is -2.44. The molecule has 5 heteroatoms. The van der Waals surface area contributed by atoms with Crippen molar-refractivity contribution in [3.63, 3.8) is 0 Å². The lowest BCUT2D eigenvalue weighted by Gasteiger charge is -2.33. The Labute approximate surface area is 115 Å². The Hall–Kier alpha value is -0.290. The maximum absolute atomic E-state index is 10.1. The second kappa shape index (κ2) is 5.57. The number of hydrogen-bond donors (Lipinski definition) is 2. The van der Waals surface area contributed by atoms with E-state index < -0.39 is 0 Å². The van der Waals surface area contributed by atoms with Crippen LogP contribution in [0.5, 0.6) is 5.75 Å². The summed E-state index contributed by atoms with van der Waals surface area (Å²) in [5.74, 6) is 0.253. The molecule has 94 valence electrons. The molecule has 2 rings (SSSR count). The van der Waals surface area contributed by atoms with Gasteiger partial charge in [-0.25, -0.2) is 0 Å². The minimum atomic E-state index is 0.127.